The van der Waals surface area contributed by atoms with E-state index in [1.54, 1.807) is 19.1 Å². The summed E-state index contributed by atoms with van der Waals surface area (Å²) in [5.74, 6) is 0.946. The van der Waals surface area contributed by atoms with Gasteiger partial charge in [0, 0.05) is 30.6 Å². The topological polar surface area (TPSA) is 67.9 Å². The van der Waals surface area contributed by atoms with Gasteiger partial charge in [-0.25, -0.2) is 0 Å². The summed E-state index contributed by atoms with van der Waals surface area (Å²) >= 11 is 0. The molecule has 1 atom stereocenters. The van der Waals surface area contributed by atoms with Gasteiger partial charge in [-0.15, -0.1) is 0 Å². The summed E-state index contributed by atoms with van der Waals surface area (Å²) in [6.45, 7) is 1.01. The van der Waals surface area contributed by atoms with Crippen LogP contribution in [0.2, 0.25) is 0 Å². The molecule has 3 aromatic carbocycles. The molecule has 1 aliphatic carbocycles. The summed E-state index contributed by atoms with van der Waals surface area (Å²) in [5.41, 5.74) is 4.58. The average Bonchev–Trinajstić information content (AvgIpc) is 3.43. The first kappa shape index (κ1) is 21.3. The fourth-order valence-corrected chi connectivity index (χ4v) is 5.05. The van der Waals surface area contributed by atoms with E-state index in [1.807, 2.05) is 24.3 Å². The van der Waals surface area contributed by atoms with Crippen molar-refractivity contribution in [3.8, 4) is 11.5 Å². The van der Waals surface area contributed by atoms with E-state index in [9.17, 15) is 9.59 Å². The van der Waals surface area contributed by atoms with Crippen LogP contribution in [-0.4, -0.2) is 44.0 Å². The van der Waals surface area contributed by atoms with Gasteiger partial charge in [0.1, 0.15) is 0 Å². The lowest BCUT2D eigenvalue weighted by molar-refractivity contribution is -0.128. The Morgan fingerprint density at radius 2 is 1.82 bits per heavy atom. The van der Waals surface area contributed by atoms with Gasteiger partial charge in [-0.1, -0.05) is 30.3 Å². The summed E-state index contributed by atoms with van der Waals surface area (Å²) in [6.07, 6.45) is 3.04. The van der Waals surface area contributed by atoms with E-state index in [1.165, 1.54) is 16.5 Å². The highest BCUT2D eigenvalue weighted by Crippen LogP contribution is 2.35. The van der Waals surface area contributed by atoms with Crippen molar-refractivity contribution in [2.75, 3.05) is 32.6 Å². The number of likely N-dealkylation sites (tertiary alicyclic amines) is 1. The highest BCUT2D eigenvalue weighted by molar-refractivity contribution is 6.06. The van der Waals surface area contributed by atoms with E-state index in [-0.39, 0.29) is 24.2 Å². The molecule has 2 aliphatic rings. The Morgan fingerprint density at radius 1 is 1.03 bits per heavy atom. The van der Waals surface area contributed by atoms with Gasteiger partial charge in [-0.2, -0.15) is 0 Å². The van der Waals surface area contributed by atoms with Crippen LogP contribution < -0.4 is 14.8 Å². The van der Waals surface area contributed by atoms with Crippen molar-refractivity contribution in [1.82, 2.24) is 4.90 Å². The van der Waals surface area contributed by atoms with Crippen molar-refractivity contribution in [3.05, 3.63) is 65.2 Å². The first-order chi connectivity index (χ1) is 16.1. The number of nitrogens with one attached hydrogen (secondary N) is 1. The van der Waals surface area contributed by atoms with Gasteiger partial charge in [0.15, 0.2) is 11.5 Å². The molecule has 1 aliphatic heterocycles. The van der Waals surface area contributed by atoms with Crippen LogP contribution in [0.25, 0.3) is 10.8 Å². The molecule has 1 N–H and O–H groups in total. The number of rotatable bonds is 7. The lowest BCUT2D eigenvalue weighted by Gasteiger charge is -2.17. The maximum absolute atomic E-state index is 13.0. The number of amides is 2. The Kier molecular flexibility index (Phi) is 5.67. The Bertz CT molecular complexity index is 1230. The van der Waals surface area contributed by atoms with Crippen LogP contribution in [-0.2, 0) is 28.9 Å². The zero-order valence-electron chi connectivity index (χ0n) is 19.0. The van der Waals surface area contributed by atoms with Crippen molar-refractivity contribution in [2.45, 2.75) is 25.7 Å². The van der Waals surface area contributed by atoms with Crippen molar-refractivity contribution >= 4 is 28.3 Å². The molecule has 1 heterocycles. The standard InChI is InChI=1S/C27H28N2O4/c1-32-23-11-6-17(14-24(23)33-2)12-13-29-16-20(15-25(29)30)27(31)28-22-10-9-19-8-7-18-4-3-5-21(22)26(18)19/h3-6,9-11,14,20H,7-8,12-13,15-16H2,1-2H3,(H,28,31). The lowest BCUT2D eigenvalue weighted by Crippen LogP contribution is -2.30. The molecule has 3 aromatic rings. The van der Waals surface area contributed by atoms with E-state index < -0.39 is 0 Å². The molecule has 0 aromatic heterocycles. The molecule has 0 radical (unpaired) electrons. The quantitative estimate of drug-likeness (QED) is 0.599. The number of ether oxygens (including phenoxy) is 2. The molecule has 170 valence electrons. The van der Waals surface area contributed by atoms with Gasteiger partial charge in [0.2, 0.25) is 11.8 Å². The monoisotopic (exact) mass is 444 g/mol. The van der Waals surface area contributed by atoms with Gasteiger partial charge in [0.25, 0.3) is 0 Å². The summed E-state index contributed by atoms with van der Waals surface area (Å²) in [7, 11) is 3.21. The molecule has 0 spiro atoms. The summed E-state index contributed by atoms with van der Waals surface area (Å²) < 4.78 is 10.7. The average molecular weight is 445 g/mol. The lowest BCUT2D eigenvalue weighted by atomic mass is 10.0. The Morgan fingerprint density at radius 3 is 2.61 bits per heavy atom. The van der Waals surface area contributed by atoms with Crippen molar-refractivity contribution in [2.24, 2.45) is 5.92 Å². The van der Waals surface area contributed by atoms with E-state index in [4.69, 9.17) is 9.47 Å². The second-order valence-corrected chi connectivity index (χ2v) is 8.78. The van der Waals surface area contributed by atoms with Crippen LogP contribution >= 0.6 is 0 Å². The van der Waals surface area contributed by atoms with E-state index in [0.717, 1.165) is 29.5 Å². The minimum atomic E-state index is -0.342. The number of nitrogens with zero attached hydrogens (tertiary/aromatic N) is 1. The third-order valence-corrected chi connectivity index (χ3v) is 6.84. The molecule has 0 bridgehead atoms. The molecular weight excluding hydrogens is 416 g/mol. The van der Waals surface area contributed by atoms with Crippen LogP contribution in [0.15, 0.2) is 48.5 Å². The van der Waals surface area contributed by atoms with Crippen molar-refractivity contribution in [3.63, 3.8) is 0 Å². The van der Waals surface area contributed by atoms with Crippen LogP contribution in [0, 0.1) is 5.92 Å². The number of aryl methyl sites for hydroxylation is 2. The predicted molar refractivity (Wildman–Crippen MR) is 128 cm³/mol. The van der Waals surface area contributed by atoms with Crippen LogP contribution in [0.3, 0.4) is 0 Å². The molecule has 0 saturated carbocycles. The number of anilines is 1. The van der Waals surface area contributed by atoms with Crippen LogP contribution in [0.4, 0.5) is 5.69 Å². The number of carbonyl (C=O) groups excluding carboxylic acids is 2. The number of methoxy groups -OCH3 is 2. The normalized spacial score (nSPS) is 17.0. The van der Waals surface area contributed by atoms with Gasteiger partial charge in [0.05, 0.1) is 20.1 Å². The van der Waals surface area contributed by atoms with Crippen molar-refractivity contribution < 1.29 is 19.1 Å². The Hall–Kier alpha value is -3.54. The van der Waals surface area contributed by atoms with Gasteiger partial charge in [-0.05, 0) is 59.5 Å². The largest absolute Gasteiger partial charge is 0.493 e. The molecule has 2 amide bonds. The van der Waals surface area contributed by atoms with Crippen LogP contribution in [0.5, 0.6) is 11.5 Å². The van der Waals surface area contributed by atoms with Crippen molar-refractivity contribution in [1.29, 1.82) is 0 Å². The molecule has 33 heavy (non-hydrogen) atoms. The smallest absolute Gasteiger partial charge is 0.229 e. The maximum atomic E-state index is 13.0. The molecule has 1 fully saturated rings. The minimum absolute atomic E-state index is 0.0241. The SMILES string of the molecule is COc1ccc(CCN2CC(C(=O)Nc3ccc4c5c(cccc35)CC4)CC2=O)cc1OC. The zero-order valence-corrected chi connectivity index (χ0v) is 19.0. The number of hydrogen-bond donors (Lipinski definition) is 1. The third-order valence-electron chi connectivity index (χ3n) is 6.84. The van der Waals surface area contributed by atoms with Gasteiger partial charge < -0.3 is 19.7 Å². The predicted octanol–water partition coefficient (Wildman–Crippen LogP) is 3.99. The van der Waals surface area contributed by atoms with Gasteiger partial charge >= 0.3 is 0 Å². The number of benzene rings is 3. The molecule has 1 unspecified atom stereocenters. The zero-order chi connectivity index (χ0) is 22.9. The molecular formula is C27H28N2O4. The third kappa shape index (κ3) is 4.01. The molecule has 5 rings (SSSR count). The highest BCUT2D eigenvalue weighted by atomic mass is 16.5. The molecule has 6 nitrogen and oxygen atoms in total. The number of hydrogen-bond acceptors (Lipinski definition) is 4. The van der Waals surface area contributed by atoms with E-state index in [0.29, 0.717) is 31.0 Å². The summed E-state index contributed by atoms with van der Waals surface area (Å²) in [6, 6.07) is 16.2. The fourth-order valence-electron chi connectivity index (χ4n) is 5.05. The maximum Gasteiger partial charge on any atom is 0.229 e. The first-order valence-corrected chi connectivity index (χ1v) is 11.4. The summed E-state index contributed by atoms with van der Waals surface area (Å²) in [4.78, 5) is 27.4. The molecule has 6 heteroatoms. The Balaban J connectivity index is 1.24. The van der Waals surface area contributed by atoms with Crippen LogP contribution in [0.1, 0.15) is 23.1 Å². The van der Waals surface area contributed by atoms with E-state index in [2.05, 4.69) is 29.6 Å². The fraction of sp³-hybridized carbons (Fsp3) is 0.333. The molecule has 1 saturated heterocycles. The second kappa shape index (κ2) is 8.77. The minimum Gasteiger partial charge on any atom is -0.493 e. The summed E-state index contributed by atoms with van der Waals surface area (Å²) in [5, 5.41) is 5.46. The van der Waals surface area contributed by atoms with Gasteiger partial charge in [-0.3, -0.25) is 9.59 Å². The highest BCUT2D eigenvalue weighted by Gasteiger charge is 2.34. The number of carbonyl (C=O) groups is 2. The Labute approximate surface area is 193 Å². The first-order valence-electron chi connectivity index (χ1n) is 11.4. The van der Waals surface area contributed by atoms with E-state index >= 15 is 0 Å². The second-order valence-electron chi connectivity index (χ2n) is 8.78.